The fraction of sp³-hybridized carbons (Fsp3) is 0.133. The quantitative estimate of drug-likeness (QED) is 0.869. The molecule has 0 bridgehead atoms. The van der Waals surface area contributed by atoms with Crippen LogP contribution >= 0.6 is 27.5 Å². The molecule has 0 unspecified atom stereocenters. The van der Waals surface area contributed by atoms with Gasteiger partial charge in [0.15, 0.2) is 0 Å². The molecule has 2 rings (SSSR count). The molecule has 21 heavy (non-hydrogen) atoms. The molecule has 0 saturated carbocycles. The number of rotatable bonds is 4. The summed E-state index contributed by atoms with van der Waals surface area (Å²) in [4.78, 5) is 12.2. The summed E-state index contributed by atoms with van der Waals surface area (Å²) in [6.07, 6.45) is 0. The third-order valence-corrected chi connectivity index (χ3v) is 3.75. The van der Waals surface area contributed by atoms with Gasteiger partial charge in [-0.2, -0.15) is 0 Å². The van der Waals surface area contributed by atoms with Gasteiger partial charge in [-0.1, -0.05) is 11.6 Å². The molecule has 2 aromatic rings. The van der Waals surface area contributed by atoms with E-state index in [0.717, 1.165) is 0 Å². The average molecular weight is 371 g/mol. The molecular weight excluding hydrogens is 358 g/mol. The zero-order valence-electron chi connectivity index (χ0n) is 11.4. The Morgan fingerprint density at radius 3 is 2.43 bits per heavy atom. The number of hydrogen-bond acceptors (Lipinski definition) is 3. The highest BCUT2D eigenvalue weighted by molar-refractivity contribution is 9.10. The fourth-order valence-corrected chi connectivity index (χ4v) is 2.48. The Labute approximate surface area is 136 Å². The van der Waals surface area contributed by atoms with Crippen molar-refractivity contribution < 1.29 is 14.3 Å². The lowest BCUT2D eigenvalue weighted by molar-refractivity contribution is 0.102. The second-order valence-corrected chi connectivity index (χ2v) is 5.41. The van der Waals surface area contributed by atoms with Gasteiger partial charge in [0, 0.05) is 17.3 Å². The second kappa shape index (κ2) is 6.83. The Bertz CT molecular complexity index is 676. The number of ether oxygens (including phenoxy) is 2. The number of carbonyl (C=O) groups is 1. The third-order valence-electron chi connectivity index (χ3n) is 2.82. The van der Waals surface area contributed by atoms with E-state index in [1.54, 1.807) is 43.5 Å². The molecule has 4 nitrogen and oxygen atoms in total. The predicted molar refractivity (Wildman–Crippen MR) is 86.7 cm³/mol. The van der Waals surface area contributed by atoms with E-state index in [0.29, 0.717) is 32.2 Å². The van der Waals surface area contributed by atoms with Gasteiger partial charge in [0.05, 0.1) is 23.7 Å². The van der Waals surface area contributed by atoms with E-state index in [-0.39, 0.29) is 5.91 Å². The van der Waals surface area contributed by atoms with Gasteiger partial charge in [-0.15, -0.1) is 0 Å². The number of methoxy groups -OCH3 is 2. The van der Waals surface area contributed by atoms with E-state index >= 15 is 0 Å². The first kappa shape index (κ1) is 15.7. The lowest BCUT2D eigenvalue weighted by atomic mass is 10.2. The normalized spacial score (nSPS) is 10.1. The lowest BCUT2D eigenvalue weighted by Crippen LogP contribution is -2.12. The summed E-state index contributed by atoms with van der Waals surface area (Å²) in [7, 11) is 3.09. The van der Waals surface area contributed by atoms with Crippen molar-refractivity contribution in [2.45, 2.75) is 0 Å². The van der Waals surface area contributed by atoms with Crippen LogP contribution in [0.3, 0.4) is 0 Å². The number of benzene rings is 2. The molecule has 0 atom stereocenters. The first-order valence-electron chi connectivity index (χ1n) is 6.03. The molecule has 0 saturated heterocycles. The van der Waals surface area contributed by atoms with Crippen LogP contribution in [0.5, 0.6) is 11.5 Å². The molecule has 0 aliphatic heterocycles. The summed E-state index contributed by atoms with van der Waals surface area (Å²) >= 11 is 9.30. The smallest absolute Gasteiger partial charge is 0.255 e. The van der Waals surface area contributed by atoms with Crippen molar-refractivity contribution in [3.63, 3.8) is 0 Å². The molecule has 110 valence electrons. The summed E-state index contributed by atoms with van der Waals surface area (Å²) in [6, 6.07) is 10.1. The largest absolute Gasteiger partial charge is 0.496 e. The molecule has 0 aliphatic carbocycles. The maximum Gasteiger partial charge on any atom is 0.255 e. The molecule has 0 aromatic heterocycles. The standard InChI is InChI=1S/C15H13BrClNO3/c1-20-13-6-3-9(7-11(13)16)15(19)18-10-4-5-12(17)14(8-10)21-2/h3-8H,1-2H3,(H,18,19). The van der Waals surface area contributed by atoms with Crippen molar-refractivity contribution in [3.8, 4) is 11.5 Å². The average Bonchev–Trinajstić information content (AvgIpc) is 2.49. The maximum absolute atomic E-state index is 12.2. The van der Waals surface area contributed by atoms with Gasteiger partial charge in [0.25, 0.3) is 5.91 Å². The zero-order chi connectivity index (χ0) is 15.4. The van der Waals surface area contributed by atoms with Crippen LogP contribution in [0.2, 0.25) is 5.02 Å². The summed E-state index contributed by atoms with van der Waals surface area (Å²) < 4.78 is 11.0. The van der Waals surface area contributed by atoms with E-state index in [4.69, 9.17) is 21.1 Å². The maximum atomic E-state index is 12.2. The van der Waals surface area contributed by atoms with Crippen LogP contribution in [-0.4, -0.2) is 20.1 Å². The Morgan fingerprint density at radius 1 is 1.10 bits per heavy atom. The van der Waals surface area contributed by atoms with Gasteiger partial charge in [-0.05, 0) is 46.3 Å². The Kier molecular flexibility index (Phi) is 5.09. The number of hydrogen-bond donors (Lipinski definition) is 1. The monoisotopic (exact) mass is 369 g/mol. The van der Waals surface area contributed by atoms with Gasteiger partial charge in [0.1, 0.15) is 11.5 Å². The van der Waals surface area contributed by atoms with E-state index in [1.807, 2.05) is 0 Å². The minimum atomic E-state index is -0.234. The van der Waals surface area contributed by atoms with E-state index in [1.165, 1.54) is 7.11 Å². The summed E-state index contributed by atoms with van der Waals surface area (Å²) in [5.41, 5.74) is 1.12. The lowest BCUT2D eigenvalue weighted by Gasteiger charge is -2.09. The molecule has 1 N–H and O–H groups in total. The molecule has 0 heterocycles. The van der Waals surface area contributed by atoms with Gasteiger partial charge < -0.3 is 14.8 Å². The summed E-state index contributed by atoms with van der Waals surface area (Å²) in [5, 5.41) is 3.27. The highest BCUT2D eigenvalue weighted by atomic mass is 79.9. The van der Waals surface area contributed by atoms with Gasteiger partial charge in [-0.3, -0.25) is 4.79 Å². The van der Waals surface area contributed by atoms with Gasteiger partial charge in [-0.25, -0.2) is 0 Å². The van der Waals surface area contributed by atoms with E-state index < -0.39 is 0 Å². The number of anilines is 1. The summed E-state index contributed by atoms with van der Waals surface area (Å²) in [5.74, 6) is 0.938. The first-order chi connectivity index (χ1) is 10.0. The topological polar surface area (TPSA) is 47.6 Å². The van der Waals surface area contributed by atoms with Crippen LogP contribution in [0, 0.1) is 0 Å². The number of carbonyl (C=O) groups excluding carboxylic acids is 1. The molecule has 6 heteroatoms. The Morgan fingerprint density at radius 2 is 1.81 bits per heavy atom. The van der Waals surface area contributed by atoms with Crippen LogP contribution in [0.15, 0.2) is 40.9 Å². The fourth-order valence-electron chi connectivity index (χ4n) is 1.75. The third kappa shape index (κ3) is 3.68. The number of halogens is 2. The minimum absolute atomic E-state index is 0.234. The molecule has 0 radical (unpaired) electrons. The molecule has 1 amide bonds. The minimum Gasteiger partial charge on any atom is -0.496 e. The van der Waals surface area contributed by atoms with E-state index in [9.17, 15) is 4.79 Å². The van der Waals surface area contributed by atoms with Gasteiger partial charge >= 0.3 is 0 Å². The van der Waals surface area contributed by atoms with Crippen molar-refractivity contribution in [2.75, 3.05) is 19.5 Å². The van der Waals surface area contributed by atoms with Crippen LogP contribution in [0.4, 0.5) is 5.69 Å². The second-order valence-electron chi connectivity index (χ2n) is 4.15. The van der Waals surface area contributed by atoms with Crippen molar-refractivity contribution >= 4 is 39.1 Å². The number of nitrogens with one attached hydrogen (secondary N) is 1. The van der Waals surface area contributed by atoms with Crippen molar-refractivity contribution in [3.05, 3.63) is 51.5 Å². The Balaban J connectivity index is 2.19. The van der Waals surface area contributed by atoms with Crippen LogP contribution in [0.25, 0.3) is 0 Å². The highest BCUT2D eigenvalue weighted by Gasteiger charge is 2.10. The Hall–Kier alpha value is -1.72. The molecular formula is C15H13BrClNO3. The van der Waals surface area contributed by atoms with Crippen LogP contribution < -0.4 is 14.8 Å². The van der Waals surface area contributed by atoms with Crippen molar-refractivity contribution in [2.24, 2.45) is 0 Å². The summed E-state index contributed by atoms with van der Waals surface area (Å²) in [6.45, 7) is 0. The van der Waals surface area contributed by atoms with Crippen LogP contribution in [-0.2, 0) is 0 Å². The molecule has 2 aromatic carbocycles. The molecule has 0 spiro atoms. The van der Waals surface area contributed by atoms with Gasteiger partial charge in [0.2, 0.25) is 0 Å². The van der Waals surface area contributed by atoms with Crippen molar-refractivity contribution in [1.82, 2.24) is 0 Å². The molecule has 0 aliphatic rings. The van der Waals surface area contributed by atoms with Crippen molar-refractivity contribution in [1.29, 1.82) is 0 Å². The molecule has 0 fully saturated rings. The SMILES string of the molecule is COc1cc(NC(=O)c2ccc(OC)c(Br)c2)ccc1Cl. The predicted octanol–water partition coefficient (Wildman–Crippen LogP) is 4.37. The highest BCUT2D eigenvalue weighted by Crippen LogP contribution is 2.28. The van der Waals surface area contributed by atoms with Crippen LogP contribution in [0.1, 0.15) is 10.4 Å². The number of amides is 1. The zero-order valence-corrected chi connectivity index (χ0v) is 13.8. The first-order valence-corrected chi connectivity index (χ1v) is 7.20. The van der Waals surface area contributed by atoms with E-state index in [2.05, 4.69) is 21.2 Å².